The molecule has 2 aliphatic rings. The molecule has 0 radical (unpaired) electrons. The van der Waals surface area contributed by atoms with Crippen molar-refractivity contribution in [3.63, 3.8) is 0 Å². The van der Waals surface area contributed by atoms with E-state index in [0.717, 1.165) is 10.1 Å². The van der Waals surface area contributed by atoms with Gasteiger partial charge in [0.25, 0.3) is 5.56 Å². The molecular formula is C21H13ClN2O2S. The number of aromatic amines is 1. The van der Waals surface area contributed by atoms with Gasteiger partial charge in [-0.05, 0) is 41.1 Å². The zero-order valence-electron chi connectivity index (χ0n) is 14.2. The molecule has 0 aliphatic heterocycles. The Morgan fingerprint density at radius 3 is 2.33 bits per heavy atom. The van der Waals surface area contributed by atoms with E-state index < -0.39 is 11.2 Å². The number of terminal acetylenes is 1. The molecule has 1 aromatic carbocycles. The fraction of sp³-hybridized carbons (Fsp3) is 0.0476. The zero-order valence-corrected chi connectivity index (χ0v) is 15.8. The van der Waals surface area contributed by atoms with Crippen LogP contribution in [-0.2, 0) is 0 Å². The Kier molecular flexibility index (Phi) is 4.23. The first-order valence-electron chi connectivity index (χ1n) is 8.10. The lowest BCUT2D eigenvalue weighted by molar-refractivity contribution is 0.903. The number of H-pyrrole nitrogens is 1. The molecule has 0 amide bonds. The van der Waals surface area contributed by atoms with Crippen LogP contribution >= 0.6 is 22.9 Å². The van der Waals surface area contributed by atoms with E-state index in [4.69, 9.17) is 18.0 Å². The van der Waals surface area contributed by atoms with Crippen molar-refractivity contribution >= 4 is 33.2 Å². The number of nitrogens with one attached hydrogen (secondary N) is 1. The van der Waals surface area contributed by atoms with E-state index in [1.54, 1.807) is 18.2 Å². The maximum absolute atomic E-state index is 12.6. The lowest BCUT2D eigenvalue weighted by Crippen LogP contribution is -2.33. The molecule has 2 aliphatic carbocycles. The third-order valence-electron chi connectivity index (χ3n) is 4.40. The highest BCUT2D eigenvalue weighted by atomic mass is 35.5. The van der Waals surface area contributed by atoms with Gasteiger partial charge in [-0.15, -0.1) is 17.8 Å². The highest BCUT2D eigenvalue weighted by molar-refractivity contribution is 7.17. The summed E-state index contributed by atoms with van der Waals surface area (Å²) in [7, 11) is 0. The van der Waals surface area contributed by atoms with Crippen LogP contribution in [-0.4, -0.2) is 9.55 Å². The van der Waals surface area contributed by atoms with Gasteiger partial charge in [-0.2, -0.15) is 0 Å². The number of aromatic nitrogens is 2. The van der Waals surface area contributed by atoms with E-state index in [0.29, 0.717) is 15.8 Å². The molecule has 27 heavy (non-hydrogen) atoms. The summed E-state index contributed by atoms with van der Waals surface area (Å²) in [4.78, 5) is 27.5. The molecule has 0 fully saturated rings. The molecule has 2 aromatic heterocycles. The predicted molar refractivity (Wildman–Crippen MR) is 111 cm³/mol. The maximum Gasteiger partial charge on any atom is 0.333 e. The van der Waals surface area contributed by atoms with Gasteiger partial charge in [0.15, 0.2) is 0 Å². The van der Waals surface area contributed by atoms with Crippen molar-refractivity contribution in [2.75, 3.05) is 0 Å². The first-order valence-corrected chi connectivity index (χ1v) is 9.36. The third kappa shape index (κ3) is 2.80. The largest absolute Gasteiger partial charge is 0.333 e. The molecule has 0 saturated heterocycles. The van der Waals surface area contributed by atoms with Gasteiger partial charge in [0.05, 0.1) is 16.2 Å². The lowest BCUT2D eigenvalue weighted by atomic mass is 9.95. The molecule has 0 saturated carbocycles. The molecule has 0 unspecified atom stereocenters. The first-order chi connectivity index (χ1) is 13.0. The second-order valence-corrected chi connectivity index (χ2v) is 7.31. The van der Waals surface area contributed by atoms with Crippen molar-refractivity contribution in [2.24, 2.45) is 0 Å². The van der Waals surface area contributed by atoms with Crippen LogP contribution in [0.3, 0.4) is 0 Å². The lowest BCUT2D eigenvalue weighted by Gasteiger charge is -2.10. The van der Waals surface area contributed by atoms with E-state index in [1.807, 2.05) is 12.3 Å². The molecule has 0 bridgehead atoms. The van der Waals surface area contributed by atoms with E-state index in [2.05, 4.69) is 35.2 Å². The maximum atomic E-state index is 12.6. The summed E-state index contributed by atoms with van der Waals surface area (Å²) < 4.78 is 1.50. The SMILES string of the molecule is C#Cc1cccc(-n2c(=O)[nH]c3c(C)csc3c2=O)c1Cl.c1cc2ccc1-2. The summed E-state index contributed by atoms with van der Waals surface area (Å²) in [6, 6.07) is 13.4. The summed E-state index contributed by atoms with van der Waals surface area (Å²) in [5.74, 6) is 2.43. The minimum absolute atomic E-state index is 0.209. The molecule has 6 heteroatoms. The Hall–Kier alpha value is -3.07. The van der Waals surface area contributed by atoms with Gasteiger partial charge in [0.2, 0.25) is 0 Å². The fourth-order valence-corrected chi connectivity index (χ4v) is 4.00. The molecule has 0 spiro atoms. The van der Waals surface area contributed by atoms with Gasteiger partial charge in [-0.25, -0.2) is 9.36 Å². The highest BCUT2D eigenvalue weighted by Crippen LogP contribution is 2.29. The number of nitrogens with zero attached hydrogens (tertiary/aromatic N) is 1. The second kappa shape index (κ2) is 6.58. The number of hydrogen-bond acceptors (Lipinski definition) is 3. The Balaban J connectivity index is 0.000000250. The Morgan fingerprint density at radius 1 is 1.11 bits per heavy atom. The topological polar surface area (TPSA) is 54.9 Å². The molecule has 4 nitrogen and oxygen atoms in total. The van der Waals surface area contributed by atoms with Crippen molar-refractivity contribution in [3.05, 3.63) is 84.8 Å². The minimum atomic E-state index is -0.537. The van der Waals surface area contributed by atoms with Crippen molar-refractivity contribution in [1.82, 2.24) is 9.55 Å². The highest BCUT2D eigenvalue weighted by Gasteiger charge is 2.15. The van der Waals surface area contributed by atoms with Gasteiger partial charge in [-0.1, -0.05) is 47.9 Å². The van der Waals surface area contributed by atoms with Gasteiger partial charge >= 0.3 is 5.69 Å². The van der Waals surface area contributed by atoms with Crippen LogP contribution in [0.1, 0.15) is 11.1 Å². The van der Waals surface area contributed by atoms with Crippen molar-refractivity contribution in [3.8, 4) is 29.2 Å². The molecule has 0 atom stereocenters. The Morgan fingerprint density at radius 2 is 1.78 bits per heavy atom. The molecule has 5 rings (SSSR count). The Labute approximate surface area is 163 Å². The second-order valence-electron chi connectivity index (χ2n) is 6.05. The number of thiophene rings is 1. The number of aryl methyl sites for hydroxylation is 1. The van der Waals surface area contributed by atoms with E-state index in [-0.39, 0.29) is 10.7 Å². The van der Waals surface area contributed by atoms with Crippen LogP contribution in [0.2, 0.25) is 5.02 Å². The van der Waals surface area contributed by atoms with Crippen molar-refractivity contribution in [2.45, 2.75) is 6.92 Å². The average Bonchev–Trinajstić information content (AvgIpc) is 3.01. The summed E-state index contributed by atoms with van der Waals surface area (Å²) in [5, 5.41) is 2.03. The smallest absolute Gasteiger partial charge is 0.305 e. The van der Waals surface area contributed by atoms with Gasteiger partial charge < -0.3 is 4.98 Å². The number of benzene rings is 2. The molecule has 132 valence electrons. The van der Waals surface area contributed by atoms with Crippen LogP contribution in [0.15, 0.2) is 57.4 Å². The quantitative estimate of drug-likeness (QED) is 0.431. The standard InChI is InChI=1S/C15H9ClN2O2S.C6H4/c1-3-9-5-4-6-10(11(9)16)18-14(19)13-12(17-15(18)20)8(2)7-21-13;1-2-6-4-3-5(1)6/h1,4-7H,2H3,(H,17,20);1-4H. The summed E-state index contributed by atoms with van der Waals surface area (Å²) >= 11 is 7.48. The fourth-order valence-electron chi connectivity index (χ4n) is 2.80. The minimum Gasteiger partial charge on any atom is -0.305 e. The zero-order chi connectivity index (χ0) is 19.1. The van der Waals surface area contributed by atoms with Crippen LogP contribution in [0.25, 0.3) is 27.0 Å². The van der Waals surface area contributed by atoms with Gasteiger partial charge in [0, 0.05) is 5.56 Å². The summed E-state index contributed by atoms with van der Waals surface area (Å²) in [6.07, 6.45) is 5.36. The third-order valence-corrected chi connectivity index (χ3v) is 5.88. The molecule has 1 N–H and O–H groups in total. The first kappa shape index (κ1) is 17.3. The molecule has 2 heterocycles. The monoisotopic (exact) mass is 392 g/mol. The van der Waals surface area contributed by atoms with Gasteiger partial charge in [-0.3, -0.25) is 4.79 Å². The van der Waals surface area contributed by atoms with Crippen LogP contribution in [0, 0.1) is 19.3 Å². The van der Waals surface area contributed by atoms with Crippen molar-refractivity contribution < 1.29 is 0 Å². The molecular weight excluding hydrogens is 380 g/mol. The number of rotatable bonds is 1. The van der Waals surface area contributed by atoms with Gasteiger partial charge in [0.1, 0.15) is 4.70 Å². The summed E-state index contributed by atoms with van der Waals surface area (Å²) in [6.45, 7) is 1.84. The number of halogens is 1. The van der Waals surface area contributed by atoms with E-state index >= 15 is 0 Å². The molecule has 3 aromatic rings. The average molecular weight is 393 g/mol. The predicted octanol–water partition coefficient (Wildman–Crippen LogP) is 4.35. The van der Waals surface area contributed by atoms with Crippen LogP contribution < -0.4 is 11.2 Å². The van der Waals surface area contributed by atoms with E-state index in [1.165, 1.54) is 22.5 Å². The van der Waals surface area contributed by atoms with Crippen LogP contribution in [0.5, 0.6) is 0 Å². The van der Waals surface area contributed by atoms with Crippen molar-refractivity contribution in [1.29, 1.82) is 0 Å². The summed E-state index contributed by atoms with van der Waals surface area (Å²) in [5.41, 5.74) is 4.06. The van der Waals surface area contributed by atoms with Crippen LogP contribution in [0.4, 0.5) is 0 Å². The number of fused-ring (bicyclic) bond motifs is 2. The Bertz CT molecular complexity index is 1320. The van der Waals surface area contributed by atoms with E-state index in [9.17, 15) is 9.59 Å². The normalized spacial score (nSPS) is 10.9. The number of hydrogen-bond donors (Lipinski definition) is 1.